The van der Waals surface area contributed by atoms with E-state index in [4.69, 9.17) is 0 Å². The molecule has 2 N–H and O–H groups in total. The highest BCUT2D eigenvalue weighted by molar-refractivity contribution is 6.07. The van der Waals surface area contributed by atoms with Crippen molar-refractivity contribution in [2.75, 3.05) is 0 Å². The van der Waals surface area contributed by atoms with Crippen LogP contribution in [-0.4, -0.2) is 37.5 Å². The van der Waals surface area contributed by atoms with E-state index in [0.29, 0.717) is 12.8 Å². The van der Waals surface area contributed by atoms with Crippen LogP contribution in [0.1, 0.15) is 41.6 Å². The highest BCUT2D eigenvalue weighted by Crippen LogP contribution is 2.28. The van der Waals surface area contributed by atoms with Gasteiger partial charge < -0.3 is 15.0 Å². The second-order valence-corrected chi connectivity index (χ2v) is 7.38. The lowest BCUT2D eigenvalue weighted by atomic mass is 9.92. The van der Waals surface area contributed by atoms with Crippen molar-refractivity contribution < 1.29 is 18.7 Å². The molecule has 4 rings (SSSR count). The molecule has 2 aromatic heterocycles. The normalized spacial score (nSPS) is 19.9. The van der Waals surface area contributed by atoms with Crippen LogP contribution >= 0.6 is 0 Å². The predicted octanol–water partition coefficient (Wildman–Crippen LogP) is 2.73. The van der Waals surface area contributed by atoms with Gasteiger partial charge >= 0.3 is 0 Å². The second kappa shape index (κ2) is 7.35. The van der Waals surface area contributed by atoms with Gasteiger partial charge in [0.2, 0.25) is 0 Å². The van der Waals surface area contributed by atoms with Gasteiger partial charge in [-0.3, -0.25) is 9.48 Å². The molecular weight excluding hydrogens is 366 g/mol. The maximum atomic E-state index is 14.6. The Morgan fingerprint density at radius 2 is 2.00 bits per heavy atom. The van der Waals surface area contributed by atoms with Gasteiger partial charge in [-0.25, -0.2) is 8.78 Å². The molecule has 0 bridgehead atoms. The average Bonchev–Trinajstić information content (AvgIpc) is 3.25. The number of benzene rings is 1. The van der Waals surface area contributed by atoms with E-state index in [1.165, 1.54) is 10.8 Å². The van der Waals surface area contributed by atoms with Crippen LogP contribution in [0.2, 0.25) is 0 Å². The number of hydrogen-bond donors (Lipinski definition) is 2. The van der Waals surface area contributed by atoms with E-state index in [1.807, 2.05) is 0 Å². The van der Waals surface area contributed by atoms with Gasteiger partial charge in [0, 0.05) is 25.0 Å². The number of aliphatic hydroxyl groups excluding tert-OH is 1. The highest BCUT2D eigenvalue weighted by atomic mass is 19.1. The van der Waals surface area contributed by atoms with E-state index < -0.39 is 23.6 Å². The lowest BCUT2D eigenvalue weighted by Crippen LogP contribution is -2.45. The van der Waals surface area contributed by atoms with Crippen molar-refractivity contribution in [3.63, 3.8) is 0 Å². The van der Waals surface area contributed by atoms with Crippen LogP contribution in [0, 0.1) is 11.6 Å². The van der Waals surface area contributed by atoms with Gasteiger partial charge in [-0.05, 0) is 25.0 Å². The molecule has 1 fully saturated rings. The first-order valence-electron chi connectivity index (χ1n) is 9.37. The molecule has 0 unspecified atom stereocenters. The van der Waals surface area contributed by atoms with Gasteiger partial charge in [0.15, 0.2) is 0 Å². The lowest BCUT2D eigenvalue weighted by Gasteiger charge is -2.28. The lowest BCUT2D eigenvalue weighted by molar-refractivity contribution is 0.0718. The molecule has 1 aromatic carbocycles. The summed E-state index contributed by atoms with van der Waals surface area (Å²) in [6.07, 6.45) is 7.37. The van der Waals surface area contributed by atoms with Gasteiger partial charge in [0.1, 0.15) is 11.6 Å². The van der Waals surface area contributed by atoms with E-state index in [-0.39, 0.29) is 29.1 Å². The quantitative estimate of drug-likeness (QED) is 0.722. The van der Waals surface area contributed by atoms with Crippen LogP contribution in [-0.2, 0) is 13.6 Å². The summed E-state index contributed by atoms with van der Waals surface area (Å²) in [5.74, 6) is -1.77. The minimum absolute atomic E-state index is 0.0400. The number of aryl methyl sites for hydroxylation is 1. The Labute approximate surface area is 160 Å². The summed E-state index contributed by atoms with van der Waals surface area (Å²) in [4.78, 5) is 12.9. The molecule has 1 aliphatic carbocycles. The molecule has 1 amide bonds. The molecule has 0 spiro atoms. The molecular formula is C20H22F2N4O2. The van der Waals surface area contributed by atoms with Crippen LogP contribution in [0.5, 0.6) is 0 Å². The smallest absolute Gasteiger partial charge is 0.253 e. The SMILES string of the molecule is Cn1cc(Cn2cc(C(=O)N[C@H]3CCCC[C@@H]3O)c3c(F)ccc(F)c32)cn1. The van der Waals surface area contributed by atoms with Crippen molar-refractivity contribution in [2.45, 2.75) is 44.4 Å². The first-order valence-corrected chi connectivity index (χ1v) is 9.37. The summed E-state index contributed by atoms with van der Waals surface area (Å²) in [5.41, 5.74) is 0.907. The fraction of sp³-hybridized carbons (Fsp3) is 0.400. The molecule has 3 aromatic rings. The average molecular weight is 388 g/mol. The van der Waals surface area contributed by atoms with Crippen LogP contribution < -0.4 is 5.32 Å². The number of halogens is 2. The van der Waals surface area contributed by atoms with Crippen LogP contribution in [0.3, 0.4) is 0 Å². The number of carbonyl (C=O) groups is 1. The molecule has 1 aliphatic rings. The number of amides is 1. The van der Waals surface area contributed by atoms with Crippen LogP contribution in [0.15, 0.2) is 30.7 Å². The van der Waals surface area contributed by atoms with E-state index >= 15 is 0 Å². The Morgan fingerprint density at radius 1 is 1.25 bits per heavy atom. The summed E-state index contributed by atoms with van der Waals surface area (Å²) in [5, 5.41) is 17.0. The third-order valence-corrected chi connectivity index (χ3v) is 5.32. The third-order valence-electron chi connectivity index (χ3n) is 5.32. The first kappa shape index (κ1) is 18.6. The highest BCUT2D eigenvalue weighted by Gasteiger charge is 2.27. The zero-order valence-corrected chi connectivity index (χ0v) is 15.5. The van der Waals surface area contributed by atoms with Crippen molar-refractivity contribution in [3.8, 4) is 0 Å². The van der Waals surface area contributed by atoms with Crippen LogP contribution in [0.4, 0.5) is 8.78 Å². The summed E-state index contributed by atoms with van der Waals surface area (Å²) in [6.45, 7) is 0.254. The van der Waals surface area contributed by atoms with Crippen molar-refractivity contribution >= 4 is 16.8 Å². The summed E-state index contributed by atoms with van der Waals surface area (Å²) >= 11 is 0. The number of hydrogen-bond acceptors (Lipinski definition) is 3. The summed E-state index contributed by atoms with van der Waals surface area (Å²) in [6, 6.07) is 1.71. The number of carbonyl (C=O) groups excluding carboxylic acids is 1. The Morgan fingerprint density at radius 3 is 2.71 bits per heavy atom. The monoisotopic (exact) mass is 388 g/mol. The Hall–Kier alpha value is -2.74. The first-order chi connectivity index (χ1) is 13.4. The third kappa shape index (κ3) is 3.40. The largest absolute Gasteiger partial charge is 0.391 e. The Kier molecular flexibility index (Phi) is 4.89. The number of aromatic nitrogens is 3. The fourth-order valence-corrected chi connectivity index (χ4v) is 3.94. The number of fused-ring (bicyclic) bond motifs is 1. The molecule has 1 saturated carbocycles. The standard InChI is InChI=1S/C20H22F2N4O2/c1-25-9-12(8-23-25)10-26-11-13(18-14(21)6-7-15(22)19(18)26)20(28)24-16-4-2-3-5-17(16)27/h6-9,11,16-17,27H,2-5,10H2,1H3,(H,24,28)/t16-,17-/m0/s1. The van der Waals surface area contributed by atoms with E-state index in [9.17, 15) is 18.7 Å². The summed E-state index contributed by atoms with van der Waals surface area (Å²) in [7, 11) is 1.77. The molecule has 2 heterocycles. The van der Waals surface area contributed by atoms with E-state index in [0.717, 1.165) is 30.5 Å². The number of nitrogens with one attached hydrogen (secondary N) is 1. The molecule has 0 saturated heterocycles. The predicted molar refractivity (Wildman–Crippen MR) is 99.9 cm³/mol. The number of rotatable bonds is 4. The molecule has 6 nitrogen and oxygen atoms in total. The zero-order valence-electron chi connectivity index (χ0n) is 15.5. The second-order valence-electron chi connectivity index (χ2n) is 7.38. The zero-order chi connectivity index (χ0) is 19.8. The topological polar surface area (TPSA) is 72.1 Å². The van der Waals surface area contributed by atoms with Crippen LogP contribution in [0.25, 0.3) is 10.9 Å². The molecule has 8 heteroatoms. The Bertz CT molecular complexity index is 1030. The minimum Gasteiger partial charge on any atom is -0.391 e. The van der Waals surface area contributed by atoms with E-state index in [2.05, 4.69) is 10.4 Å². The Balaban J connectivity index is 1.73. The van der Waals surface area contributed by atoms with Crippen molar-refractivity contribution in [1.29, 1.82) is 0 Å². The number of nitrogens with zero attached hydrogens (tertiary/aromatic N) is 3. The van der Waals surface area contributed by atoms with Gasteiger partial charge in [-0.2, -0.15) is 5.10 Å². The molecule has 0 aliphatic heterocycles. The minimum atomic E-state index is -0.657. The fourth-order valence-electron chi connectivity index (χ4n) is 3.94. The molecule has 2 atom stereocenters. The van der Waals surface area contributed by atoms with Gasteiger partial charge in [-0.1, -0.05) is 12.8 Å². The maximum absolute atomic E-state index is 14.6. The molecule has 0 radical (unpaired) electrons. The van der Waals surface area contributed by atoms with Crippen molar-refractivity contribution in [3.05, 3.63) is 53.5 Å². The maximum Gasteiger partial charge on any atom is 0.253 e. The van der Waals surface area contributed by atoms with Gasteiger partial charge in [0.05, 0.1) is 41.4 Å². The molecule has 28 heavy (non-hydrogen) atoms. The van der Waals surface area contributed by atoms with Gasteiger partial charge in [-0.15, -0.1) is 0 Å². The van der Waals surface area contributed by atoms with E-state index in [1.54, 1.807) is 24.1 Å². The van der Waals surface area contributed by atoms with Crippen molar-refractivity contribution in [1.82, 2.24) is 19.7 Å². The summed E-state index contributed by atoms with van der Waals surface area (Å²) < 4.78 is 32.3. The number of aliphatic hydroxyl groups is 1. The van der Waals surface area contributed by atoms with Gasteiger partial charge in [0.25, 0.3) is 5.91 Å². The molecule has 148 valence electrons. The van der Waals surface area contributed by atoms with Crippen molar-refractivity contribution in [2.24, 2.45) is 7.05 Å².